The molecule has 1 aromatic heterocycles. The molecule has 0 bridgehead atoms. The molecule has 4 heteroatoms. The lowest BCUT2D eigenvalue weighted by molar-refractivity contribution is 0.0988. The van der Waals surface area contributed by atoms with Gasteiger partial charge in [-0.2, -0.15) is 0 Å². The van der Waals surface area contributed by atoms with Gasteiger partial charge in [-0.25, -0.2) is 4.98 Å². The Hall–Kier alpha value is -2.46. The van der Waals surface area contributed by atoms with Gasteiger partial charge >= 0.3 is 0 Å². The number of benzene rings is 2. The molecule has 0 spiro atoms. The number of carbonyl (C=O) groups is 1. The number of thiazole rings is 1. The van der Waals surface area contributed by atoms with Crippen molar-refractivity contribution < 1.29 is 4.79 Å². The Balaban J connectivity index is 1.96. The minimum atomic E-state index is -0.00458. The van der Waals surface area contributed by atoms with E-state index < -0.39 is 0 Å². The molecule has 0 aliphatic heterocycles. The quantitative estimate of drug-likeness (QED) is 0.720. The van der Waals surface area contributed by atoms with Gasteiger partial charge < -0.3 is 4.90 Å². The highest BCUT2D eigenvalue weighted by molar-refractivity contribution is 7.12. The Morgan fingerprint density at radius 2 is 1.68 bits per heavy atom. The van der Waals surface area contributed by atoms with Gasteiger partial charge in [0.05, 0.1) is 17.7 Å². The molecule has 0 fully saturated rings. The molecule has 0 unspecified atom stereocenters. The second-order valence-corrected chi connectivity index (χ2v) is 5.83. The molecule has 0 aliphatic rings. The molecule has 2 aromatic carbocycles. The normalized spacial score (nSPS) is 10.4. The highest BCUT2D eigenvalue weighted by Gasteiger charge is 2.21. The van der Waals surface area contributed by atoms with Crippen LogP contribution in [0.2, 0.25) is 0 Å². The predicted molar refractivity (Wildman–Crippen MR) is 90.2 cm³/mol. The van der Waals surface area contributed by atoms with Crippen molar-refractivity contribution in [2.75, 3.05) is 4.90 Å². The minimum absolute atomic E-state index is 0.00458. The molecule has 22 heavy (non-hydrogen) atoms. The van der Waals surface area contributed by atoms with E-state index in [-0.39, 0.29) is 5.91 Å². The van der Waals surface area contributed by atoms with Crippen molar-refractivity contribution in [2.45, 2.75) is 13.5 Å². The molecule has 1 heterocycles. The van der Waals surface area contributed by atoms with Gasteiger partial charge in [0.2, 0.25) is 0 Å². The standard InChI is InChI=1S/C18H16N2OS/c1-14-17(22-13-19-14)18(21)20(16-10-6-3-7-11-16)12-15-8-4-2-5-9-15/h2-11,13H,12H2,1H3. The molecule has 3 aromatic rings. The Morgan fingerprint density at radius 3 is 2.27 bits per heavy atom. The Labute approximate surface area is 133 Å². The van der Waals surface area contributed by atoms with E-state index in [0.29, 0.717) is 11.4 Å². The highest BCUT2D eigenvalue weighted by Crippen LogP contribution is 2.23. The van der Waals surface area contributed by atoms with Crippen LogP contribution in [0.3, 0.4) is 0 Å². The summed E-state index contributed by atoms with van der Waals surface area (Å²) in [7, 11) is 0. The number of hydrogen-bond acceptors (Lipinski definition) is 3. The fourth-order valence-corrected chi connectivity index (χ4v) is 3.03. The molecule has 1 amide bonds. The van der Waals surface area contributed by atoms with Gasteiger partial charge in [0.1, 0.15) is 4.88 Å². The number of amides is 1. The van der Waals surface area contributed by atoms with Gasteiger partial charge in [-0.05, 0) is 24.6 Å². The molecule has 0 radical (unpaired) electrons. The van der Waals surface area contributed by atoms with Crippen molar-refractivity contribution in [1.82, 2.24) is 4.98 Å². The number of carbonyl (C=O) groups excluding carboxylic acids is 1. The first-order valence-electron chi connectivity index (χ1n) is 7.06. The first-order valence-corrected chi connectivity index (χ1v) is 7.94. The third kappa shape index (κ3) is 3.07. The van der Waals surface area contributed by atoms with E-state index in [9.17, 15) is 4.79 Å². The number of rotatable bonds is 4. The van der Waals surface area contributed by atoms with E-state index in [2.05, 4.69) is 4.98 Å². The van der Waals surface area contributed by atoms with Gasteiger partial charge in [-0.15, -0.1) is 11.3 Å². The smallest absolute Gasteiger partial charge is 0.270 e. The third-order valence-electron chi connectivity index (χ3n) is 3.44. The van der Waals surface area contributed by atoms with E-state index in [1.165, 1.54) is 11.3 Å². The monoisotopic (exact) mass is 308 g/mol. The van der Waals surface area contributed by atoms with Gasteiger partial charge in [0, 0.05) is 5.69 Å². The molecule has 0 atom stereocenters. The van der Waals surface area contributed by atoms with Crippen LogP contribution in [0.1, 0.15) is 20.9 Å². The minimum Gasteiger partial charge on any atom is -0.303 e. The molecule has 3 nitrogen and oxygen atoms in total. The van der Waals surface area contributed by atoms with Crippen LogP contribution >= 0.6 is 11.3 Å². The first-order chi connectivity index (χ1) is 10.8. The zero-order valence-electron chi connectivity index (χ0n) is 12.3. The summed E-state index contributed by atoms with van der Waals surface area (Å²) in [4.78, 5) is 19.6. The van der Waals surface area contributed by atoms with Crippen LogP contribution in [0.5, 0.6) is 0 Å². The second-order valence-electron chi connectivity index (χ2n) is 4.98. The van der Waals surface area contributed by atoms with E-state index in [0.717, 1.165) is 16.9 Å². The molecule has 0 saturated carbocycles. The summed E-state index contributed by atoms with van der Waals surface area (Å²) in [6.07, 6.45) is 0. The van der Waals surface area contributed by atoms with Crippen LogP contribution in [-0.4, -0.2) is 10.9 Å². The van der Waals surface area contributed by atoms with E-state index in [1.54, 1.807) is 10.4 Å². The fraction of sp³-hybridized carbons (Fsp3) is 0.111. The number of aromatic nitrogens is 1. The van der Waals surface area contributed by atoms with E-state index >= 15 is 0 Å². The van der Waals surface area contributed by atoms with E-state index in [4.69, 9.17) is 0 Å². The molecular formula is C18H16N2OS. The van der Waals surface area contributed by atoms with Crippen molar-refractivity contribution in [3.05, 3.63) is 82.3 Å². The summed E-state index contributed by atoms with van der Waals surface area (Å²) < 4.78 is 0. The summed E-state index contributed by atoms with van der Waals surface area (Å²) in [6, 6.07) is 19.8. The maximum atomic E-state index is 12.9. The van der Waals surface area contributed by atoms with Crippen LogP contribution in [0.15, 0.2) is 66.2 Å². The summed E-state index contributed by atoms with van der Waals surface area (Å²) >= 11 is 1.39. The number of aryl methyl sites for hydroxylation is 1. The molecule has 0 N–H and O–H groups in total. The van der Waals surface area contributed by atoms with Crippen LogP contribution in [-0.2, 0) is 6.54 Å². The predicted octanol–water partition coefficient (Wildman–Crippen LogP) is 4.30. The van der Waals surface area contributed by atoms with Crippen molar-refractivity contribution in [2.24, 2.45) is 0 Å². The number of anilines is 1. The summed E-state index contributed by atoms with van der Waals surface area (Å²) in [5, 5.41) is 0. The SMILES string of the molecule is Cc1ncsc1C(=O)N(Cc1ccccc1)c1ccccc1. The van der Waals surface area contributed by atoms with Crippen LogP contribution < -0.4 is 4.90 Å². The lowest BCUT2D eigenvalue weighted by Gasteiger charge is -2.22. The molecular weight excluding hydrogens is 292 g/mol. The maximum absolute atomic E-state index is 12.9. The summed E-state index contributed by atoms with van der Waals surface area (Å²) in [6.45, 7) is 2.41. The third-order valence-corrected chi connectivity index (χ3v) is 4.35. The van der Waals surface area contributed by atoms with Crippen molar-refractivity contribution >= 4 is 22.9 Å². The molecule has 3 rings (SSSR count). The van der Waals surface area contributed by atoms with E-state index in [1.807, 2.05) is 67.6 Å². The summed E-state index contributed by atoms with van der Waals surface area (Å²) in [5.74, 6) is -0.00458. The number of nitrogens with zero attached hydrogens (tertiary/aromatic N) is 2. The van der Waals surface area contributed by atoms with Crippen molar-refractivity contribution in [1.29, 1.82) is 0 Å². The first kappa shape index (κ1) is 14.5. The van der Waals surface area contributed by atoms with Gasteiger partial charge in [-0.3, -0.25) is 4.79 Å². The number of hydrogen-bond donors (Lipinski definition) is 0. The van der Waals surface area contributed by atoms with Gasteiger partial charge in [0.15, 0.2) is 0 Å². The largest absolute Gasteiger partial charge is 0.303 e. The zero-order chi connectivity index (χ0) is 15.4. The lowest BCUT2D eigenvalue weighted by atomic mass is 10.2. The molecule has 0 saturated heterocycles. The Morgan fingerprint density at radius 1 is 1.05 bits per heavy atom. The average molecular weight is 308 g/mol. The molecule has 110 valence electrons. The van der Waals surface area contributed by atoms with Gasteiger partial charge in [0.25, 0.3) is 5.91 Å². The summed E-state index contributed by atoms with van der Waals surface area (Å²) in [5.41, 5.74) is 4.49. The lowest BCUT2D eigenvalue weighted by Crippen LogP contribution is -2.30. The van der Waals surface area contributed by atoms with Gasteiger partial charge in [-0.1, -0.05) is 48.5 Å². The average Bonchev–Trinajstić information content (AvgIpc) is 3.00. The highest BCUT2D eigenvalue weighted by atomic mass is 32.1. The fourth-order valence-electron chi connectivity index (χ4n) is 2.28. The Bertz CT molecular complexity index is 753. The topological polar surface area (TPSA) is 33.2 Å². The number of para-hydroxylation sites is 1. The maximum Gasteiger partial charge on any atom is 0.270 e. The van der Waals surface area contributed by atoms with Crippen LogP contribution in [0.25, 0.3) is 0 Å². The van der Waals surface area contributed by atoms with Crippen molar-refractivity contribution in [3.8, 4) is 0 Å². The second kappa shape index (κ2) is 6.54. The van der Waals surface area contributed by atoms with Crippen LogP contribution in [0, 0.1) is 6.92 Å². The van der Waals surface area contributed by atoms with Crippen molar-refractivity contribution in [3.63, 3.8) is 0 Å². The van der Waals surface area contributed by atoms with Crippen LogP contribution in [0.4, 0.5) is 5.69 Å². The Kier molecular flexibility index (Phi) is 4.30. The molecule has 0 aliphatic carbocycles. The zero-order valence-corrected chi connectivity index (χ0v) is 13.1.